The van der Waals surface area contributed by atoms with E-state index in [1.807, 2.05) is 6.07 Å². The summed E-state index contributed by atoms with van der Waals surface area (Å²) in [6, 6.07) is 26.0. The number of aromatic hydroxyl groups is 2. The summed E-state index contributed by atoms with van der Waals surface area (Å²) in [6.07, 6.45) is 0. The minimum absolute atomic E-state index is 0.0711. The Balaban J connectivity index is 0.000000208. The number of anilines is 1. The molecule has 4 aromatic carbocycles. The molecule has 0 atom stereocenters. The highest BCUT2D eigenvalue weighted by Gasteiger charge is 2.14. The van der Waals surface area contributed by atoms with Crippen molar-refractivity contribution in [3.8, 4) is 23.0 Å². The summed E-state index contributed by atoms with van der Waals surface area (Å²) in [5, 5.41) is 21.9. The second kappa shape index (κ2) is 12.6. The van der Waals surface area contributed by atoms with Crippen molar-refractivity contribution in [2.45, 2.75) is 6.92 Å². The number of para-hydroxylation sites is 1. The van der Waals surface area contributed by atoms with Crippen molar-refractivity contribution in [3.63, 3.8) is 0 Å². The first-order valence-corrected chi connectivity index (χ1v) is 11.1. The Bertz CT molecular complexity index is 1380. The van der Waals surface area contributed by atoms with Gasteiger partial charge in [0, 0.05) is 24.2 Å². The van der Waals surface area contributed by atoms with E-state index < -0.39 is 5.97 Å². The van der Waals surface area contributed by atoms with Crippen LogP contribution in [0, 0.1) is 0 Å². The maximum Gasteiger partial charge on any atom is 0.347 e. The number of phenolic OH excluding ortho intramolecular Hbond substituents is 2. The van der Waals surface area contributed by atoms with Crippen LogP contribution in [0.3, 0.4) is 0 Å². The van der Waals surface area contributed by atoms with Gasteiger partial charge in [0.1, 0.15) is 28.6 Å². The molecule has 0 spiro atoms. The van der Waals surface area contributed by atoms with E-state index in [9.17, 15) is 24.6 Å². The largest absolute Gasteiger partial charge is 0.507 e. The lowest BCUT2D eigenvalue weighted by Gasteiger charge is -2.07. The molecule has 188 valence electrons. The third-order valence-corrected chi connectivity index (χ3v) is 4.99. The molecule has 0 unspecified atom stereocenters. The van der Waals surface area contributed by atoms with Crippen LogP contribution in [-0.2, 0) is 4.79 Å². The van der Waals surface area contributed by atoms with Gasteiger partial charge in [-0.05, 0) is 48.5 Å². The van der Waals surface area contributed by atoms with Gasteiger partial charge in [0.2, 0.25) is 5.91 Å². The lowest BCUT2D eigenvalue weighted by atomic mass is 10.0. The molecule has 0 aromatic heterocycles. The smallest absolute Gasteiger partial charge is 0.347 e. The SMILES string of the molecule is CC(=O)Nc1ccc(OC(=O)c2ccccc2O)cc1.COc1ccc(C(=O)c2ccccc2)c(O)c1. The van der Waals surface area contributed by atoms with Crippen LogP contribution in [-0.4, -0.2) is 35.0 Å². The average Bonchev–Trinajstić information content (AvgIpc) is 2.90. The van der Waals surface area contributed by atoms with Crippen LogP contribution in [0.25, 0.3) is 0 Å². The lowest BCUT2D eigenvalue weighted by Crippen LogP contribution is -2.09. The van der Waals surface area contributed by atoms with Gasteiger partial charge in [-0.1, -0.05) is 42.5 Å². The van der Waals surface area contributed by atoms with E-state index in [0.717, 1.165) is 0 Å². The molecule has 4 rings (SSSR count). The summed E-state index contributed by atoms with van der Waals surface area (Å²) in [5.41, 5.74) is 1.53. The second-order valence-corrected chi connectivity index (χ2v) is 7.69. The zero-order valence-electron chi connectivity index (χ0n) is 20.2. The summed E-state index contributed by atoms with van der Waals surface area (Å²) in [5.74, 6) is -0.380. The Morgan fingerprint density at radius 2 is 1.32 bits per heavy atom. The molecule has 0 saturated heterocycles. The Kier molecular flexibility index (Phi) is 8.99. The predicted molar refractivity (Wildman–Crippen MR) is 138 cm³/mol. The highest BCUT2D eigenvalue weighted by Crippen LogP contribution is 2.25. The van der Waals surface area contributed by atoms with Gasteiger partial charge in [0.05, 0.1) is 12.7 Å². The molecular formula is C29H25NO7. The van der Waals surface area contributed by atoms with E-state index in [1.54, 1.807) is 72.8 Å². The first-order valence-electron chi connectivity index (χ1n) is 11.1. The second-order valence-electron chi connectivity index (χ2n) is 7.69. The van der Waals surface area contributed by atoms with Gasteiger partial charge >= 0.3 is 5.97 Å². The van der Waals surface area contributed by atoms with Gasteiger partial charge in [-0.15, -0.1) is 0 Å². The van der Waals surface area contributed by atoms with Gasteiger partial charge in [0.15, 0.2) is 5.78 Å². The van der Waals surface area contributed by atoms with Crippen LogP contribution < -0.4 is 14.8 Å². The first-order chi connectivity index (χ1) is 17.8. The summed E-state index contributed by atoms with van der Waals surface area (Å²) in [6.45, 7) is 1.41. The topological polar surface area (TPSA) is 122 Å². The molecular weight excluding hydrogens is 474 g/mol. The molecule has 0 heterocycles. The Hall–Kier alpha value is -5.11. The molecule has 8 nitrogen and oxygen atoms in total. The van der Waals surface area contributed by atoms with Crippen LogP contribution in [0.4, 0.5) is 5.69 Å². The van der Waals surface area contributed by atoms with E-state index in [2.05, 4.69) is 5.32 Å². The molecule has 0 aliphatic rings. The minimum Gasteiger partial charge on any atom is -0.507 e. The minimum atomic E-state index is -0.643. The van der Waals surface area contributed by atoms with Crippen LogP contribution in [0.1, 0.15) is 33.2 Å². The standard InChI is InChI=1S/C15H13NO4.C14H12O3/c1-10(17)16-11-6-8-12(9-7-11)20-15(19)13-4-2-3-5-14(13)18;1-17-11-7-8-12(13(15)9-11)14(16)10-5-3-2-4-6-10/h2-9,18H,1H3,(H,16,17);2-9,15H,1H3. The maximum absolute atomic E-state index is 12.1. The zero-order chi connectivity index (χ0) is 26.8. The fraction of sp³-hybridized carbons (Fsp3) is 0.0690. The Labute approximate surface area is 213 Å². The monoisotopic (exact) mass is 499 g/mol. The summed E-state index contributed by atoms with van der Waals surface area (Å²) in [4.78, 5) is 34.8. The number of benzene rings is 4. The van der Waals surface area contributed by atoms with Crippen LogP contribution in [0.15, 0.2) is 97.1 Å². The third-order valence-electron chi connectivity index (χ3n) is 4.99. The molecule has 0 radical (unpaired) electrons. The predicted octanol–water partition coefficient (Wildman–Crippen LogP) is 5.20. The number of hydrogen-bond acceptors (Lipinski definition) is 7. The van der Waals surface area contributed by atoms with Crippen molar-refractivity contribution in [3.05, 3.63) is 114 Å². The van der Waals surface area contributed by atoms with Crippen molar-refractivity contribution >= 4 is 23.3 Å². The number of ketones is 1. The van der Waals surface area contributed by atoms with Crippen molar-refractivity contribution in [1.82, 2.24) is 0 Å². The molecule has 0 bridgehead atoms. The number of hydrogen-bond donors (Lipinski definition) is 3. The van der Waals surface area contributed by atoms with Crippen molar-refractivity contribution in [1.29, 1.82) is 0 Å². The van der Waals surface area contributed by atoms with Gasteiger partial charge in [-0.25, -0.2) is 4.79 Å². The van der Waals surface area contributed by atoms with E-state index in [1.165, 1.54) is 32.2 Å². The number of carbonyl (C=O) groups excluding carboxylic acids is 3. The molecule has 37 heavy (non-hydrogen) atoms. The zero-order valence-corrected chi connectivity index (χ0v) is 20.2. The number of ether oxygens (including phenoxy) is 2. The van der Waals surface area contributed by atoms with Gasteiger partial charge in [-0.2, -0.15) is 0 Å². The average molecular weight is 500 g/mol. The Morgan fingerprint density at radius 1 is 0.703 bits per heavy atom. The van der Waals surface area contributed by atoms with Gasteiger partial charge in [-0.3, -0.25) is 9.59 Å². The number of methoxy groups -OCH3 is 1. The van der Waals surface area contributed by atoms with Crippen LogP contribution in [0.2, 0.25) is 0 Å². The van der Waals surface area contributed by atoms with E-state index in [4.69, 9.17) is 9.47 Å². The van der Waals surface area contributed by atoms with E-state index >= 15 is 0 Å². The number of nitrogens with one attached hydrogen (secondary N) is 1. The number of carbonyl (C=O) groups is 3. The molecule has 0 aliphatic carbocycles. The molecule has 0 fully saturated rings. The fourth-order valence-corrected chi connectivity index (χ4v) is 3.19. The maximum atomic E-state index is 12.1. The van der Waals surface area contributed by atoms with Crippen LogP contribution in [0.5, 0.6) is 23.0 Å². The first kappa shape index (κ1) is 26.5. The molecule has 4 aromatic rings. The quantitative estimate of drug-likeness (QED) is 0.189. The number of amides is 1. The molecule has 8 heteroatoms. The lowest BCUT2D eigenvalue weighted by molar-refractivity contribution is -0.114. The molecule has 3 N–H and O–H groups in total. The normalized spacial score (nSPS) is 9.89. The van der Waals surface area contributed by atoms with E-state index in [-0.39, 0.29) is 34.3 Å². The Morgan fingerprint density at radius 3 is 1.92 bits per heavy atom. The fourth-order valence-electron chi connectivity index (χ4n) is 3.19. The van der Waals surface area contributed by atoms with Crippen molar-refractivity contribution in [2.75, 3.05) is 12.4 Å². The third kappa shape index (κ3) is 7.43. The number of esters is 1. The highest BCUT2D eigenvalue weighted by atomic mass is 16.5. The molecule has 1 amide bonds. The summed E-state index contributed by atoms with van der Waals surface area (Å²) >= 11 is 0. The van der Waals surface area contributed by atoms with Gasteiger partial charge < -0.3 is 25.0 Å². The number of phenols is 2. The van der Waals surface area contributed by atoms with Crippen molar-refractivity contribution < 1.29 is 34.1 Å². The van der Waals surface area contributed by atoms with Gasteiger partial charge in [0.25, 0.3) is 0 Å². The van der Waals surface area contributed by atoms with Crippen LogP contribution >= 0.6 is 0 Å². The highest BCUT2D eigenvalue weighted by molar-refractivity contribution is 6.10. The van der Waals surface area contributed by atoms with Crippen molar-refractivity contribution in [2.24, 2.45) is 0 Å². The molecule has 0 saturated carbocycles. The summed E-state index contributed by atoms with van der Waals surface area (Å²) in [7, 11) is 1.51. The number of rotatable bonds is 6. The van der Waals surface area contributed by atoms with E-state index in [0.29, 0.717) is 22.7 Å². The summed E-state index contributed by atoms with van der Waals surface area (Å²) < 4.78 is 10.1. The molecule has 0 aliphatic heterocycles.